The van der Waals surface area contributed by atoms with E-state index < -0.39 is 0 Å². The van der Waals surface area contributed by atoms with Crippen molar-refractivity contribution in [3.05, 3.63) is 41.2 Å². The molecule has 0 spiro atoms. The van der Waals surface area contributed by atoms with Gasteiger partial charge in [0, 0.05) is 7.05 Å². The highest BCUT2D eigenvalue weighted by atomic mass is 32.1. The Morgan fingerprint density at radius 2 is 2.27 bits per heavy atom. The van der Waals surface area contributed by atoms with E-state index in [4.69, 9.17) is 4.42 Å². The highest BCUT2D eigenvalue weighted by molar-refractivity contribution is 7.13. The number of aromatic nitrogens is 4. The van der Waals surface area contributed by atoms with Crippen LogP contribution in [0, 0.1) is 6.92 Å². The van der Waals surface area contributed by atoms with Crippen molar-refractivity contribution in [2.75, 3.05) is 7.05 Å². The van der Waals surface area contributed by atoms with Gasteiger partial charge in [-0.25, -0.2) is 0 Å². The van der Waals surface area contributed by atoms with Crippen molar-refractivity contribution < 1.29 is 9.21 Å². The highest BCUT2D eigenvalue weighted by Gasteiger charge is 2.14. The molecule has 0 fully saturated rings. The average molecular weight is 317 g/mol. The van der Waals surface area contributed by atoms with Crippen LogP contribution in [-0.2, 0) is 17.9 Å². The van der Waals surface area contributed by atoms with Crippen LogP contribution < -0.4 is 0 Å². The molecule has 0 atom stereocenters. The van der Waals surface area contributed by atoms with Gasteiger partial charge in [0.2, 0.25) is 11.7 Å². The average Bonchev–Trinajstić information content (AvgIpc) is 3.20. The van der Waals surface area contributed by atoms with Crippen LogP contribution >= 0.6 is 11.3 Å². The number of furan rings is 1. The molecule has 0 saturated carbocycles. The van der Waals surface area contributed by atoms with Crippen LogP contribution in [0.15, 0.2) is 34.1 Å². The first-order valence-corrected chi connectivity index (χ1v) is 7.61. The first-order chi connectivity index (χ1) is 10.6. The van der Waals surface area contributed by atoms with Crippen molar-refractivity contribution in [2.45, 2.75) is 20.0 Å². The predicted molar refractivity (Wildman–Crippen MR) is 81.0 cm³/mol. The van der Waals surface area contributed by atoms with Gasteiger partial charge in [0.25, 0.3) is 0 Å². The normalized spacial score (nSPS) is 10.8. The second-order valence-corrected chi connectivity index (χ2v) is 5.83. The molecule has 0 aromatic carbocycles. The van der Waals surface area contributed by atoms with E-state index in [0.717, 1.165) is 16.4 Å². The monoisotopic (exact) mass is 317 g/mol. The van der Waals surface area contributed by atoms with Gasteiger partial charge in [0.1, 0.15) is 18.1 Å². The van der Waals surface area contributed by atoms with Crippen molar-refractivity contribution in [3.63, 3.8) is 0 Å². The number of hydrogen-bond donors (Lipinski definition) is 0. The summed E-state index contributed by atoms with van der Waals surface area (Å²) in [5, 5.41) is 14.0. The summed E-state index contributed by atoms with van der Waals surface area (Å²) in [6.45, 7) is 2.34. The molecule has 0 aliphatic heterocycles. The predicted octanol–water partition coefficient (Wildman–Crippen LogP) is 1.96. The molecule has 0 N–H and O–H groups in total. The number of tetrazole rings is 1. The summed E-state index contributed by atoms with van der Waals surface area (Å²) in [5.41, 5.74) is 0. The van der Waals surface area contributed by atoms with Gasteiger partial charge in [-0.1, -0.05) is 6.07 Å². The van der Waals surface area contributed by atoms with Crippen LogP contribution in [0.3, 0.4) is 0 Å². The number of thiophene rings is 1. The minimum Gasteiger partial charge on any atom is -0.464 e. The number of likely N-dealkylation sites (N-methyl/N-ethyl adjacent to an activating group) is 1. The lowest BCUT2D eigenvalue weighted by atomic mass is 10.4. The number of nitrogens with zero attached hydrogens (tertiary/aromatic N) is 5. The molecule has 114 valence electrons. The number of rotatable bonds is 5. The van der Waals surface area contributed by atoms with Crippen molar-refractivity contribution in [3.8, 4) is 10.7 Å². The fourth-order valence-electron chi connectivity index (χ4n) is 1.95. The summed E-state index contributed by atoms with van der Waals surface area (Å²) in [6.07, 6.45) is 0. The Morgan fingerprint density at radius 1 is 1.41 bits per heavy atom. The molecular formula is C14H15N5O2S. The number of carbonyl (C=O) groups is 1. The van der Waals surface area contributed by atoms with Gasteiger partial charge in [-0.15, -0.1) is 21.5 Å². The number of aryl methyl sites for hydroxylation is 1. The van der Waals surface area contributed by atoms with E-state index >= 15 is 0 Å². The summed E-state index contributed by atoms with van der Waals surface area (Å²) in [7, 11) is 1.72. The molecule has 3 rings (SSSR count). The third-order valence-corrected chi connectivity index (χ3v) is 3.95. The van der Waals surface area contributed by atoms with Gasteiger partial charge in [-0.05, 0) is 35.7 Å². The van der Waals surface area contributed by atoms with Crippen molar-refractivity contribution >= 4 is 17.2 Å². The van der Waals surface area contributed by atoms with Gasteiger partial charge < -0.3 is 9.32 Å². The molecule has 0 bridgehead atoms. The fraction of sp³-hybridized carbons (Fsp3) is 0.286. The first kappa shape index (κ1) is 14.5. The number of amides is 1. The van der Waals surface area contributed by atoms with E-state index in [1.54, 1.807) is 11.9 Å². The van der Waals surface area contributed by atoms with Gasteiger partial charge in [-0.3, -0.25) is 4.79 Å². The lowest BCUT2D eigenvalue weighted by molar-refractivity contribution is -0.131. The van der Waals surface area contributed by atoms with Crippen LogP contribution in [0.4, 0.5) is 0 Å². The zero-order valence-electron chi connectivity index (χ0n) is 12.3. The highest BCUT2D eigenvalue weighted by Crippen LogP contribution is 2.19. The Hall–Kier alpha value is -2.48. The molecular weight excluding hydrogens is 302 g/mol. The van der Waals surface area contributed by atoms with Gasteiger partial charge in [-0.2, -0.15) is 4.80 Å². The third-order valence-electron chi connectivity index (χ3n) is 3.09. The molecule has 3 aromatic heterocycles. The maximum Gasteiger partial charge on any atom is 0.246 e. The lowest BCUT2D eigenvalue weighted by Crippen LogP contribution is -2.30. The van der Waals surface area contributed by atoms with Crippen molar-refractivity contribution in [1.82, 2.24) is 25.1 Å². The molecule has 8 heteroatoms. The molecule has 0 aliphatic rings. The van der Waals surface area contributed by atoms with Crippen LogP contribution in [0.1, 0.15) is 11.5 Å². The van der Waals surface area contributed by atoms with E-state index in [1.807, 2.05) is 36.6 Å². The zero-order chi connectivity index (χ0) is 15.5. The van der Waals surface area contributed by atoms with E-state index in [2.05, 4.69) is 15.4 Å². The summed E-state index contributed by atoms with van der Waals surface area (Å²) in [4.78, 5) is 16.0. The molecule has 3 aromatic rings. The maximum absolute atomic E-state index is 12.2. The Bertz CT molecular complexity index is 762. The topological polar surface area (TPSA) is 77.1 Å². The Kier molecular flexibility index (Phi) is 4.01. The zero-order valence-corrected chi connectivity index (χ0v) is 13.1. The quantitative estimate of drug-likeness (QED) is 0.719. The SMILES string of the molecule is Cc1ccc(CN(C)C(=O)Cn2nnc(-c3cccs3)n2)o1. The summed E-state index contributed by atoms with van der Waals surface area (Å²) in [6, 6.07) is 7.58. The van der Waals surface area contributed by atoms with Crippen molar-refractivity contribution in [2.24, 2.45) is 0 Å². The van der Waals surface area contributed by atoms with Gasteiger partial charge in [0.05, 0.1) is 11.4 Å². The van der Waals surface area contributed by atoms with E-state index in [1.165, 1.54) is 16.1 Å². The Morgan fingerprint density at radius 3 is 2.95 bits per heavy atom. The van der Waals surface area contributed by atoms with Crippen LogP contribution in [0.2, 0.25) is 0 Å². The van der Waals surface area contributed by atoms with Crippen molar-refractivity contribution in [1.29, 1.82) is 0 Å². The second kappa shape index (κ2) is 6.10. The largest absolute Gasteiger partial charge is 0.464 e. The molecule has 0 aliphatic carbocycles. The number of hydrogen-bond acceptors (Lipinski definition) is 6. The van der Waals surface area contributed by atoms with E-state index in [9.17, 15) is 4.79 Å². The van der Waals surface area contributed by atoms with E-state index in [0.29, 0.717) is 12.4 Å². The molecule has 3 heterocycles. The number of carbonyl (C=O) groups excluding carboxylic acids is 1. The minimum atomic E-state index is -0.107. The Labute approximate surface area is 131 Å². The first-order valence-electron chi connectivity index (χ1n) is 6.73. The van der Waals surface area contributed by atoms with Gasteiger partial charge >= 0.3 is 0 Å². The lowest BCUT2D eigenvalue weighted by Gasteiger charge is -2.14. The minimum absolute atomic E-state index is 0.0502. The van der Waals surface area contributed by atoms with E-state index in [-0.39, 0.29) is 12.5 Å². The van der Waals surface area contributed by atoms with Crippen LogP contribution in [-0.4, -0.2) is 38.1 Å². The molecule has 0 radical (unpaired) electrons. The maximum atomic E-state index is 12.2. The third kappa shape index (κ3) is 3.22. The Balaban J connectivity index is 1.61. The second-order valence-electron chi connectivity index (χ2n) is 4.88. The summed E-state index contributed by atoms with van der Waals surface area (Å²) < 4.78 is 5.46. The molecule has 0 unspecified atom stereocenters. The van der Waals surface area contributed by atoms with Crippen LogP contribution in [0.25, 0.3) is 10.7 Å². The molecule has 1 amide bonds. The molecule has 7 nitrogen and oxygen atoms in total. The standard InChI is InChI=1S/C14H15N5O2S/c1-10-5-6-11(21-10)8-18(2)13(20)9-19-16-14(15-17-19)12-4-3-7-22-12/h3-7H,8-9H2,1-2H3. The molecule has 0 saturated heterocycles. The summed E-state index contributed by atoms with van der Waals surface area (Å²) >= 11 is 1.53. The van der Waals surface area contributed by atoms with Gasteiger partial charge in [0.15, 0.2) is 0 Å². The smallest absolute Gasteiger partial charge is 0.246 e. The summed E-state index contributed by atoms with van der Waals surface area (Å²) in [5.74, 6) is 2.00. The molecule has 22 heavy (non-hydrogen) atoms. The fourth-order valence-corrected chi connectivity index (χ4v) is 2.60. The van der Waals surface area contributed by atoms with Crippen LogP contribution in [0.5, 0.6) is 0 Å².